The molecule has 0 saturated carbocycles. The fourth-order valence-electron chi connectivity index (χ4n) is 1.93. The summed E-state index contributed by atoms with van der Waals surface area (Å²) in [5.74, 6) is 0.0729. The van der Waals surface area contributed by atoms with E-state index in [1.165, 1.54) is 10.4 Å². The largest absolute Gasteiger partial charge is 0.236 e. The Morgan fingerprint density at radius 2 is 2.06 bits per heavy atom. The van der Waals surface area contributed by atoms with Crippen LogP contribution < -0.4 is 0 Å². The van der Waals surface area contributed by atoms with Crippen LogP contribution in [0.2, 0.25) is 0 Å². The second kappa shape index (κ2) is 5.08. The van der Waals surface area contributed by atoms with Crippen molar-refractivity contribution in [3.8, 4) is 0 Å². The van der Waals surface area contributed by atoms with Crippen molar-refractivity contribution < 1.29 is 13.2 Å². The van der Waals surface area contributed by atoms with Gasteiger partial charge < -0.3 is 0 Å². The van der Waals surface area contributed by atoms with E-state index >= 15 is 0 Å². The van der Waals surface area contributed by atoms with Gasteiger partial charge in [-0.05, 0) is 32.6 Å². The van der Waals surface area contributed by atoms with E-state index < -0.39 is 21.4 Å². The van der Waals surface area contributed by atoms with Gasteiger partial charge in [-0.1, -0.05) is 6.92 Å². The van der Waals surface area contributed by atoms with Crippen LogP contribution in [-0.4, -0.2) is 36.8 Å². The number of hydrogen-bond acceptors (Lipinski definition) is 4. The van der Waals surface area contributed by atoms with E-state index in [9.17, 15) is 13.2 Å². The maximum absolute atomic E-state index is 12.1. The van der Waals surface area contributed by atoms with Crippen molar-refractivity contribution in [1.29, 1.82) is 0 Å². The number of carbonyl (C=O) groups excluding carboxylic acids is 1. The molecule has 1 saturated heterocycles. The molecular formula is C10H18N2O3S. The van der Waals surface area contributed by atoms with Crippen LogP contribution in [0.5, 0.6) is 0 Å². The van der Waals surface area contributed by atoms with Crippen LogP contribution in [0, 0.1) is 5.92 Å². The molecule has 0 bridgehead atoms. The Hall–Kier alpha value is -0.710. The first-order valence-electron chi connectivity index (χ1n) is 5.49. The highest BCUT2D eigenvalue weighted by Gasteiger charge is 2.37. The lowest BCUT2D eigenvalue weighted by atomic mass is 9.98. The van der Waals surface area contributed by atoms with E-state index in [2.05, 4.69) is 4.99 Å². The molecule has 1 aliphatic rings. The molecule has 0 N–H and O–H groups in total. The van der Waals surface area contributed by atoms with E-state index in [1.54, 1.807) is 13.8 Å². The van der Waals surface area contributed by atoms with E-state index in [1.807, 2.05) is 6.92 Å². The van der Waals surface area contributed by atoms with Crippen molar-refractivity contribution >= 4 is 16.1 Å². The molecule has 1 aliphatic heterocycles. The van der Waals surface area contributed by atoms with Gasteiger partial charge in [0.05, 0.1) is 5.25 Å². The van der Waals surface area contributed by atoms with Gasteiger partial charge in [-0.2, -0.15) is 9.30 Å². The molecular weight excluding hydrogens is 228 g/mol. The van der Waals surface area contributed by atoms with Crippen molar-refractivity contribution in [3.05, 3.63) is 0 Å². The van der Waals surface area contributed by atoms with Gasteiger partial charge in [0.25, 0.3) is 0 Å². The van der Waals surface area contributed by atoms with E-state index in [-0.39, 0.29) is 5.92 Å². The van der Waals surface area contributed by atoms with E-state index in [0.717, 1.165) is 12.8 Å². The van der Waals surface area contributed by atoms with Crippen molar-refractivity contribution in [2.45, 2.75) is 45.0 Å². The van der Waals surface area contributed by atoms with E-state index in [0.29, 0.717) is 6.54 Å². The zero-order valence-corrected chi connectivity index (χ0v) is 10.7. The number of sulfonamides is 1. The fourth-order valence-corrected chi connectivity index (χ4v) is 3.41. The predicted octanol–water partition coefficient (Wildman–Crippen LogP) is 1.12. The Morgan fingerprint density at radius 3 is 2.56 bits per heavy atom. The monoisotopic (exact) mass is 246 g/mol. The van der Waals surface area contributed by atoms with E-state index in [4.69, 9.17) is 0 Å². The van der Waals surface area contributed by atoms with Crippen LogP contribution in [0.25, 0.3) is 0 Å². The Kier molecular flexibility index (Phi) is 4.24. The molecule has 2 unspecified atom stereocenters. The lowest BCUT2D eigenvalue weighted by Crippen LogP contribution is -2.48. The zero-order chi connectivity index (χ0) is 12.3. The minimum Gasteiger partial charge on any atom is -0.212 e. The third-order valence-corrected chi connectivity index (χ3v) is 5.19. The molecule has 6 heteroatoms. The Balaban J connectivity index is 3.05. The normalized spacial score (nSPS) is 27.8. The summed E-state index contributed by atoms with van der Waals surface area (Å²) >= 11 is 0. The molecule has 5 nitrogen and oxygen atoms in total. The molecule has 16 heavy (non-hydrogen) atoms. The average Bonchev–Trinajstić information content (AvgIpc) is 2.20. The topological polar surface area (TPSA) is 66.8 Å². The number of piperidine rings is 1. The zero-order valence-electron chi connectivity index (χ0n) is 9.88. The standard InChI is InChI=1S/C10H18N2O3S/c1-8(2)16(14,15)12-6-4-5-9(3)10(12)11-7-13/h8-10H,4-6H2,1-3H3. The van der Waals surface area contributed by atoms with Crippen LogP contribution >= 0.6 is 0 Å². The Morgan fingerprint density at radius 1 is 1.44 bits per heavy atom. The summed E-state index contributed by atoms with van der Waals surface area (Å²) < 4.78 is 25.4. The Labute approximate surface area is 96.6 Å². The van der Waals surface area contributed by atoms with Crippen LogP contribution in [0.1, 0.15) is 33.6 Å². The maximum atomic E-state index is 12.1. The molecule has 0 amide bonds. The summed E-state index contributed by atoms with van der Waals surface area (Å²) in [6, 6.07) is 0. The van der Waals surface area contributed by atoms with Gasteiger partial charge in [-0.3, -0.25) is 0 Å². The highest BCUT2D eigenvalue weighted by molar-refractivity contribution is 7.89. The number of isocyanates is 1. The first-order valence-corrected chi connectivity index (χ1v) is 6.99. The smallest absolute Gasteiger partial charge is 0.212 e. The second-order valence-electron chi connectivity index (χ2n) is 4.46. The van der Waals surface area contributed by atoms with Gasteiger partial charge in [0, 0.05) is 6.54 Å². The highest BCUT2D eigenvalue weighted by atomic mass is 32.2. The van der Waals surface area contributed by atoms with Crippen molar-refractivity contribution in [2.75, 3.05) is 6.54 Å². The number of aliphatic imine (C=N–C) groups is 1. The summed E-state index contributed by atoms with van der Waals surface area (Å²) in [6.45, 7) is 5.63. The molecule has 2 atom stereocenters. The SMILES string of the molecule is CC1CCCN(S(=O)(=O)C(C)C)C1N=C=O. The van der Waals surface area contributed by atoms with Gasteiger partial charge >= 0.3 is 0 Å². The molecule has 0 aromatic rings. The molecule has 0 radical (unpaired) electrons. The van der Waals surface area contributed by atoms with Crippen LogP contribution in [0.15, 0.2) is 4.99 Å². The fraction of sp³-hybridized carbons (Fsp3) is 0.900. The van der Waals surface area contributed by atoms with Crippen molar-refractivity contribution in [3.63, 3.8) is 0 Å². The summed E-state index contributed by atoms with van der Waals surface area (Å²) in [7, 11) is -3.34. The van der Waals surface area contributed by atoms with Crippen molar-refractivity contribution in [2.24, 2.45) is 10.9 Å². The first-order chi connectivity index (χ1) is 7.41. The van der Waals surface area contributed by atoms with Gasteiger partial charge in [0.1, 0.15) is 6.17 Å². The molecule has 1 rings (SSSR count). The van der Waals surface area contributed by atoms with Gasteiger partial charge in [-0.15, -0.1) is 0 Å². The third-order valence-electron chi connectivity index (χ3n) is 2.95. The third kappa shape index (κ3) is 2.51. The second-order valence-corrected chi connectivity index (χ2v) is 6.90. The molecule has 0 aliphatic carbocycles. The summed E-state index contributed by atoms with van der Waals surface area (Å²) in [5, 5.41) is -0.484. The number of hydrogen-bond donors (Lipinski definition) is 0. The van der Waals surface area contributed by atoms with Gasteiger partial charge in [0.15, 0.2) is 0 Å². The number of nitrogens with zero attached hydrogens (tertiary/aromatic N) is 2. The lowest BCUT2D eigenvalue weighted by molar-refractivity contribution is 0.192. The highest BCUT2D eigenvalue weighted by Crippen LogP contribution is 2.27. The molecule has 1 fully saturated rings. The van der Waals surface area contributed by atoms with Gasteiger partial charge in [0.2, 0.25) is 16.1 Å². The molecule has 1 heterocycles. The Bertz CT molecular complexity index is 385. The summed E-state index contributed by atoms with van der Waals surface area (Å²) in [5.41, 5.74) is 0. The average molecular weight is 246 g/mol. The molecule has 92 valence electrons. The van der Waals surface area contributed by atoms with Crippen LogP contribution in [0.3, 0.4) is 0 Å². The van der Waals surface area contributed by atoms with Crippen molar-refractivity contribution in [1.82, 2.24) is 4.31 Å². The molecule has 0 aromatic heterocycles. The quantitative estimate of drug-likeness (QED) is 0.553. The first kappa shape index (κ1) is 13.4. The van der Waals surface area contributed by atoms with Gasteiger partial charge in [-0.25, -0.2) is 13.2 Å². The van der Waals surface area contributed by atoms with Crippen LogP contribution in [0.4, 0.5) is 0 Å². The maximum Gasteiger partial charge on any atom is 0.236 e. The summed E-state index contributed by atoms with van der Waals surface area (Å²) in [6.07, 6.45) is 2.61. The summed E-state index contributed by atoms with van der Waals surface area (Å²) in [4.78, 5) is 14.0. The lowest BCUT2D eigenvalue weighted by Gasteiger charge is -2.36. The minimum absolute atomic E-state index is 0.0729. The molecule has 0 spiro atoms. The predicted molar refractivity (Wildman–Crippen MR) is 61.1 cm³/mol. The molecule has 0 aromatic carbocycles. The number of rotatable bonds is 3. The minimum atomic E-state index is -3.34. The van der Waals surface area contributed by atoms with Crippen LogP contribution in [-0.2, 0) is 14.8 Å².